The summed E-state index contributed by atoms with van der Waals surface area (Å²) in [7, 11) is 0. The number of urea groups is 1. The Hall–Kier alpha value is -1.75. The first-order valence-corrected chi connectivity index (χ1v) is 8.50. The van der Waals surface area contributed by atoms with Crippen LogP contribution in [-0.2, 0) is 6.42 Å². The zero-order valence-corrected chi connectivity index (χ0v) is 13.9. The number of hydrogen-bond acceptors (Lipinski definition) is 3. The van der Waals surface area contributed by atoms with Crippen LogP contribution in [0.4, 0.5) is 4.79 Å². The minimum atomic E-state index is -0.00153. The maximum atomic E-state index is 12.2. The van der Waals surface area contributed by atoms with E-state index in [1.165, 1.54) is 0 Å². The van der Waals surface area contributed by atoms with E-state index >= 15 is 0 Å². The van der Waals surface area contributed by atoms with Crippen LogP contribution < -0.4 is 5.32 Å². The van der Waals surface area contributed by atoms with Gasteiger partial charge in [0.25, 0.3) is 0 Å². The van der Waals surface area contributed by atoms with Gasteiger partial charge in [0.15, 0.2) is 0 Å². The molecule has 1 fully saturated rings. The molecule has 1 aromatic carbocycles. The fourth-order valence-corrected chi connectivity index (χ4v) is 3.07. The van der Waals surface area contributed by atoms with Gasteiger partial charge in [-0.1, -0.05) is 19.1 Å². The molecular formula is C18H28N2O3. The lowest BCUT2D eigenvalue weighted by Crippen LogP contribution is -2.48. The van der Waals surface area contributed by atoms with Crippen molar-refractivity contribution in [2.45, 2.75) is 39.0 Å². The van der Waals surface area contributed by atoms with Gasteiger partial charge in [0.05, 0.1) is 0 Å². The highest BCUT2D eigenvalue weighted by Crippen LogP contribution is 2.34. The third-order valence-electron chi connectivity index (χ3n) is 5.05. The summed E-state index contributed by atoms with van der Waals surface area (Å²) in [5, 5.41) is 21.7. The number of phenols is 1. The normalized spacial score (nSPS) is 17.0. The minimum absolute atomic E-state index is 0.00153. The average molecular weight is 320 g/mol. The molecule has 5 heteroatoms. The molecule has 2 rings (SSSR count). The van der Waals surface area contributed by atoms with Crippen LogP contribution in [0.15, 0.2) is 24.3 Å². The van der Waals surface area contributed by atoms with Gasteiger partial charge >= 0.3 is 6.03 Å². The van der Waals surface area contributed by atoms with Crippen LogP contribution in [0.3, 0.4) is 0 Å². The van der Waals surface area contributed by atoms with Crippen LogP contribution in [0.5, 0.6) is 5.75 Å². The maximum Gasteiger partial charge on any atom is 0.317 e. The number of nitrogens with zero attached hydrogens (tertiary/aromatic N) is 1. The molecule has 23 heavy (non-hydrogen) atoms. The molecule has 1 aromatic rings. The number of benzene rings is 1. The molecule has 0 aromatic heterocycles. The van der Waals surface area contributed by atoms with Gasteiger partial charge in [-0.2, -0.15) is 0 Å². The second kappa shape index (κ2) is 8.20. The molecule has 1 aliphatic rings. The second-order valence-corrected chi connectivity index (χ2v) is 6.50. The number of piperidine rings is 1. The summed E-state index contributed by atoms with van der Waals surface area (Å²) < 4.78 is 0. The number of hydrogen-bond donors (Lipinski definition) is 3. The Kier molecular flexibility index (Phi) is 6.28. The number of phenolic OH excluding ortho intramolecular Hbond substituents is 1. The van der Waals surface area contributed by atoms with Gasteiger partial charge in [-0.3, -0.25) is 0 Å². The number of carbonyl (C=O) groups is 1. The fraction of sp³-hybridized carbons (Fsp3) is 0.611. The number of nitrogens with one attached hydrogen (secondary N) is 1. The predicted molar refractivity (Wildman–Crippen MR) is 90.4 cm³/mol. The van der Waals surface area contributed by atoms with E-state index in [4.69, 9.17) is 0 Å². The highest BCUT2D eigenvalue weighted by molar-refractivity contribution is 5.74. The zero-order valence-electron chi connectivity index (χ0n) is 13.9. The van der Waals surface area contributed by atoms with Gasteiger partial charge in [-0.05, 0) is 55.2 Å². The molecule has 5 nitrogen and oxygen atoms in total. The zero-order chi connectivity index (χ0) is 16.7. The quantitative estimate of drug-likeness (QED) is 0.705. The molecule has 0 aliphatic carbocycles. The number of aromatic hydroxyl groups is 1. The van der Waals surface area contributed by atoms with Gasteiger partial charge in [-0.25, -0.2) is 4.79 Å². The summed E-state index contributed by atoms with van der Waals surface area (Å²) in [5.74, 6) is 0.276. The first-order chi connectivity index (χ1) is 11.1. The van der Waals surface area contributed by atoms with E-state index < -0.39 is 0 Å². The fourth-order valence-electron chi connectivity index (χ4n) is 3.07. The predicted octanol–water partition coefficient (Wildman–Crippen LogP) is 2.52. The van der Waals surface area contributed by atoms with Crippen molar-refractivity contribution in [2.75, 3.05) is 26.2 Å². The van der Waals surface area contributed by atoms with Gasteiger partial charge in [0.2, 0.25) is 0 Å². The second-order valence-electron chi connectivity index (χ2n) is 6.50. The SMILES string of the molecule is CCC1(CO)CCN(C(=O)NCCCc2ccc(O)cc2)CC1. The lowest BCUT2D eigenvalue weighted by Gasteiger charge is -2.40. The van der Waals surface area contributed by atoms with Crippen molar-refractivity contribution in [2.24, 2.45) is 5.41 Å². The monoisotopic (exact) mass is 320 g/mol. The number of rotatable bonds is 6. The van der Waals surface area contributed by atoms with Crippen LogP contribution in [0.25, 0.3) is 0 Å². The van der Waals surface area contributed by atoms with Crippen molar-refractivity contribution in [3.05, 3.63) is 29.8 Å². The van der Waals surface area contributed by atoms with E-state index in [9.17, 15) is 15.0 Å². The molecular weight excluding hydrogens is 292 g/mol. The van der Waals surface area contributed by atoms with Crippen molar-refractivity contribution in [3.63, 3.8) is 0 Å². The maximum absolute atomic E-state index is 12.2. The van der Waals surface area contributed by atoms with Crippen LogP contribution in [0, 0.1) is 5.41 Å². The number of aryl methyl sites for hydroxylation is 1. The Morgan fingerprint density at radius 3 is 2.48 bits per heavy atom. The first-order valence-electron chi connectivity index (χ1n) is 8.50. The van der Waals surface area contributed by atoms with Crippen LogP contribution in [-0.4, -0.2) is 47.4 Å². The minimum Gasteiger partial charge on any atom is -0.508 e. The van der Waals surface area contributed by atoms with Gasteiger partial charge in [-0.15, -0.1) is 0 Å². The van der Waals surface area contributed by atoms with Crippen LogP contribution in [0.2, 0.25) is 0 Å². The molecule has 0 saturated carbocycles. The van der Waals surface area contributed by atoms with E-state index in [0.29, 0.717) is 6.54 Å². The van der Waals surface area contributed by atoms with Crippen LogP contribution >= 0.6 is 0 Å². The van der Waals surface area contributed by atoms with E-state index in [2.05, 4.69) is 12.2 Å². The summed E-state index contributed by atoms with van der Waals surface area (Å²) in [6.45, 7) is 4.41. The van der Waals surface area contributed by atoms with E-state index in [-0.39, 0.29) is 23.8 Å². The summed E-state index contributed by atoms with van der Waals surface area (Å²) in [5.41, 5.74) is 1.17. The molecule has 0 atom stereocenters. The largest absolute Gasteiger partial charge is 0.508 e. The third-order valence-corrected chi connectivity index (χ3v) is 5.05. The molecule has 0 spiro atoms. The summed E-state index contributed by atoms with van der Waals surface area (Å²) in [6, 6.07) is 7.17. The standard InChI is InChI=1S/C18H28N2O3/c1-2-18(14-21)9-12-20(13-10-18)17(23)19-11-3-4-15-5-7-16(22)8-6-15/h5-8,21-22H,2-4,9-14H2,1H3,(H,19,23). The van der Waals surface area contributed by atoms with E-state index in [1.54, 1.807) is 12.1 Å². The Morgan fingerprint density at radius 1 is 1.26 bits per heavy atom. The lowest BCUT2D eigenvalue weighted by atomic mass is 9.77. The van der Waals surface area contributed by atoms with Crippen molar-refractivity contribution >= 4 is 6.03 Å². The summed E-state index contributed by atoms with van der Waals surface area (Å²) in [4.78, 5) is 14.0. The number of aliphatic hydroxyl groups is 1. The first kappa shape index (κ1) is 17.6. The van der Waals surface area contributed by atoms with Gasteiger partial charge in [0.1, 0.15) is 5.75 Å². The number of aliphatic hydroxyl groups excluding tert-OH is 1. The van der Waals surface area contributed by atoms with Gasteiger partial charge in [0, 0.05) is 26.2 Å². The van der Waals surface area contributed by atoms with Gasteiger partial charge < -0.3 is 20.4 Å². The lowest BCUT2D eigenvalue weighted by molar-refractivity contribution is 0.0520. The Morgan fingerprint density at radius 2 is 1.91 bits per heavy atom. The molecule has 1 heterocycles. The molecule has 0 radical (unpaired) electrons. The molecule has 2 amide bonds. The number of likely N-dealkylation sites (tertiary alicyclic amines) is 1. The highest BCUT2D eigenvalue weighted by Gasteiger charge is 2.33. The van der Waals surface area contributed by atoms with Crippen molar-refractivity contribution in [3.8, 4) is 5.75 Å². The molecule has 0 bridgehead atoms. The molecule has 3 N–H and O–H groups in total. The van der Waals surface area contributed by atoms with E-state index in [1.807, 2.05) is 17.0 Å². The number of amides is 2. The number of carbonyl (C=O) groups excluding carboxylic acids is 1. The van der Waals surface area contributed by atoms with Crippen molar-refractivity contribution < 1.29 is 15.0 Å². The molecule has 1 aliphatic heterocycles. The van der Waals surface area contributed by atoms with E-state index in [0.717, 1.165) is 50.8 Å². The topological polar surface area (TPSA) is 72.8 Å². The van der Waals surface area contributed by atoms with Crippen LogP contribution in [0.1, 0.15) is 38.2 Å². The highest BCUT2D eigenvalue weighted by atomic mass is 16.3. The van der Waals surface area contributed by atoms with Crippen molar-refractivity contribution in [1.29, 1.82) is 0 Å². The Labute approximate surface area is 138 Å². The molecule has 1 saturated heterocycles. The average Bonchev–Trinajstić information content (AvgIpc) is 2.60. The summed E-state index contributed by atoms with van der Waals surface area (Å²) >= 11 is 0. The van der Waals surface area contributed by atoms with Crippen molar-refractivity contribution in [1.82, 2.24) is 10.2 Å². The smallest absolute Gasteiger partial charge is 0.317 e. The summed E-state index contributed by atoms with van der Waals surface area (Å²) in [6.07, 6.45) is 4.47. The third kappa shape index (κ3) is 4.86. The molecule has 128 valence electrons. The Bertz CT molecular complexity index is 487. The molecule has 0 unspecified atom stereocenters. The Balaban J connectivity index is 1.66.